The van der Waals surface area contributed by atoms with Crippen LogP contribution in [0.3, 0.4) is 0 Å². The van der Waals surface area contributed by atoms with E-state index in [9.17, 15) is 9.59 Å². The van der Waals surface area contributed by atoms with E-state index < -0.39 is 5.63 Å². The van der Waals surface area contributed by atoms with E-state index in [-0.39, 0.29) is 11.6 Å². The van der Waals surface area contributed by atoms with E-state index in [0.717, 1.165) is 29.5 Å². The SMILES string of the molecule is COc1ccc(C(=O)Nc2cc3ccc(OCCC4CCCCN4C)c(C)c3oc2=O)cc1CC=C(C)C. The third-order valence-corrected chi connectivity index (χ3v) is 7.25. The van der Waals surface area contributed by atoms with E-state index in [1.54, 1.807) is 31.4 Å². The van der Waals surface area contributed by atoms with Crippen LogP contribution in [-0.2, 0) is 6.42 Å². The zero-order valence-electron chi connectivity index (χ0n) is 23.1. The van der Waals surface area contributed by atoms with Crippen LogP contribution in [0.25, 0.3) is 11.0 Å². The summed E-state index contributed by atoms with van der Waals surface area (Å²) in [6, 6.07) is 11.2. The van der Waals surface area contributed by atoms with E-state index in [0.29, 0.717) is 41.7 Å². The standard InChI is InChI=1S/C31H38N2O5/c1-20(2)9-10-22-18-24(12-14-28(22)36-5)30(34)32-26-19-23-11-13-27(21(3)29(23)38-31(26)35)37-17-15-25-8-6-7-16-33(25)4/h9,11-14,18-19,25H,6-8,10,15-17H2,1-5H3,(H,32,34). The molecule has 38 heavy (non-hydrogen) atoms. The molecule has 1 amide bonds. The highest BCUT2D eigenvalue weighted by molar-refractivity contribution is 6.05. The molecule has 0 saturated carbocycles. The lowest BCUT2D eigenvalue weighted by Gasteiger charge is -2.32. The van der Waals surface area contributed by atoms with Crippen molar-refractivity contribution in [2.75, 3.05) is 32.6 Å². The maximum Gasteiger partial charge on any atom is 0.360 e. The van der Waals surface area contributed by atoms with Crippen LogP contribution in [-0.4, -0.2) is 44.2 Å². The number of piperidine rings is 1. The molecular weight excluding hydrogens is 480 g/mol. The van der Waals surface area contributed by atoms with Crippen molar-refractivity contribution in [2.45, 2.75) is 58.9 Å². The minimum Gasteiger partial charge on any atom is -0.496 e. The summed E-state index contributed by atoms with van der Waals surface area (Å²) in [5.74, 6) is 1.03. The Kier molecular flexibility index (Phi) is 8.89. The number of carbonyl (C=O) groups is 1. The molecule has 0 aliphatic carbocycles. The first-order valence-electron chi connectivity index (χ1n) is 13.3. The highest BCUT2D eigenvalue weighted by Crippen LogP contribution is 2.29. The number of benzene rings is 2. The van der Waals surface area contributed by atoms with E-state index in [2.05, 4.69) is 23.3 Å². The predicted octanol–water partition coefficient (Wildman–Crippen LogP) is 6.12. The summed E-state index contributed by atoms with van der Waals surface area (Å²) in [6.07, 6.45) is 7.41. The van der Waals surface area contributed by atoms with E-state index in [4.69, 9.17) is 13.9 Å². The Morgan fingerprint density at radius 1 is 1.16 bits per heavy atom. The fourth-order valence-electron chi connectivity index (χ4n) is 4.95. The van der Waals surface area contributed by atoms with Crippen LogP contribution in [0.2, 0.25) is 0 Å². The van der Waals surface area contributed by atoms with Gasteiger partial charge in [0.25, 0.3) is 5.91 Å². The molecule has 1 aliphatic heterocycles. The Morgan fingerprint density at radius 3 is 2.68 bits per heavy atom. The van der Waals surface area contributed by atoms with Crippen LogP contribution in [0, 0.1) is 6.92 Å². The van der Waals surface area contributed by atoms with Crippen LogP contribution in [0.15, 0.2) is 57.3 Å². The first kappa shape index (κ1) is 27.5. The molecule has 0 bridgehead atoms. The zero-order valence-corrected chi connectivity index (χ0v) is 23.1. The van der Waals surface area contributed by atoms with Crippen molar-refractivity contribution >= 4 is 22.6 Å². The van der Waals surface area contributed by atoms with Gasteiger partial charge in [-0.05, 0) is 102 Å². The minimum atomic E-state index is -0.604. The topological polar surface area (TPSA) is 81.0 Å². The number of anilines is 1. The molecule has 7 nitrogen and oxygen atoms in total. The zero-order chi connectivity index (χ0) is 27.2. The summed E-state index contributed by atoms with van der Waals surface area (Å²) in [5, 5.41) is 3.44. The third-order valence-electron chi connectivity index (χ3n) is 7.25. The van der Waals surface area contributed by atoms with Crippen LogP contribution in [0.5, 0.6) is 11.5 Å². The summed E-state index contributed by atoms with van der Waals surface area (Å²) >= 11 is 0. The smallest absolute Gasteiger partial charge is 0.360 e. The van der Waals surface area contributed by atoms with E-state index in [1.807, 2.05) is 32.9 Å². The minimum absolute atomic E-state index is 0.0950. The number of hydrogen-bond donors (Lipinski definition) is 1. The Labute approximate surface area is 224 Å². The molecule has 2 aromatic carbocycles. The van der Waals surface area contributed by atoms with Crippen molar-refractivity contribution in [1.82, 2.24) is 4.90 Å². The molecule has 202 valence electrons. The molecule has 1 fully saturated rings. The summed E-state index contributed by atoms with van der Waals surface area (Å²) in [5.41, 5.74) is 3.24. The van der Waals surface area contributed by atoms with Crippen LogP contribution in [0.1, 0.15) is 61.0 Å². The van der Waals surface area contributed by atoms with Crippen molar-refractivity contribution in [3.05, 3.63) is 75.2 Å². The number of likely N-dealkylation sites (tertiary alicyclic amines) is 1. The highest BCUT2D eigenvalue weighted by Gasteiger charge is 2.19. The molecule has 1 aliphatic rings. The molecule has 0 radical (unpaired) electrons. The number of aryl methyl sites for hydroxylation is 1. The summed E-state index contributed by atoms with van der Waals surface area (Å²) in [7, 11) is 3.78. The number of methoxy groups -OCH3 is 1. The number of nitrogens with zero attached hydrogens (tertiary/aromatic N) is 1. The third kappa shape index (κ3) is 6.45. The normalized spacial score (nSPS) is 15.8. The quantitative estimate of drug-likeness (QED) is 0.271. The van der Waals surface area contributed by atoms with Crippen LogP contribution < -0.4 is 20.4 Å². The van der Waals surface area contributed by atoms with Gasteiger partial charge in [-0.1, -0.05) is 18.1 Å². The van der Waals surface area contributed by atoms with Crippen molar-refractivity contribution in [3.63, 3.8) is 0 Å². The Hall–Kier alpha value is -3.58. The summed E-state index contributed by atoms with van der Waals surface area (Å²) in [4.78, 5) is 28.2. The second-order valence-electron chi connectivity index (χ2n) is 10.3. The van der Waals surface area contributed by atoms with Gasteiger partial charge in [0.2, 0.25) is 0 Å². The number of carbonyl (C=O) groups excluding carboxylic acids is 1. The fourth-order valence-corrected chi connectivity index (χ4v) is 4.95. The monoisotopic (exact) mass is 518 g/mol. The number of rotatable bonds is 9. The Balaban J connectivity index is 1.49. The maximum atomic E-state index is 13.0. The van der Waals surface area contributed by atoms with Crippen molar-refractivity contribution in [3.8, 4) is 11.5 Å². The van der Waals surface area contributed by atoms with Gasteiger partial charge in [-0.15, -0.1) is 0 Å². The largest absolute Gasteiger partial charge is 0.496 e. The van der Waals surface area contributed by atoms with Gasteiger partial charge in [-0.25, -0.2) is 4.79 Å². The molecule has 1 atom stereocenters. The van der Waals surface area contributed by atoms with E-state index >= 15 is 0 Å². The fraction of sp³-hybridized carbons (Fsp3) is 0.419. The van der Waals surface area contributed by atoms with Gasteiger partial charge in [-0.3, -0.25) is 4.79 Å². The molecule has 1 N–H and O–H groups in total. The molecular formula is C31H38N2O5. The lowest BCUT2D eigenvalue weighted by atomic mass is 10.0. The molecule has 4 rings (SSSR count). The molecule has 7 heteroatoms. The van der Waals surface area contributed by atoms with Crippen LogP contribution in [0.4, 0.5) is 5.69 Å². The maximum absolute atomic E-state index is 13.0. The van der Waals surface area contributed by atoms with Gasteiger partial charge in [0, 0.05) is 22.6 Å². The molecule has 2 heterocycles. The van der Waals surface area contributed by atoms with Crippen molar-refractivity contribution in [2.24, 2.45) is 0 Å². The van der Waals surface area contributed by atoms with Gasteiger partial charge in [0.05, 0.1) is 13.7 Å². The average molecular weight is 519 g/mol. The number of hydrogen-bond acceptors (Lipinski definition) is 6. The number of nitrogens with one attached hydrogen (secondary N) is 1. The number of fused-ring (bicyclic) bond motifs is 1. The van der Waals surface area contributed by atoms with Crippen LogP contribution >= 0.6 is 0 Å². The summed E-state index contributed by atoms with van der Waals surface area (Å²) in [6.45, 7) is 7.68. The second kappa shape index (κ2) is 12.3. The highest BCUT2D eigenvalue weighted by atomic mass is 16.5. The molecule has 1 aromatic heterocycles. The predicted molar refractivity (Wildman–Crippen MR) is 152 cm³/mol. The van der Waals surface area contributed by atoms with Gasteiger partial charge < -0.3 is 24.1 Å². The van der Waals surface area contributed by atoms with Gasteiger partial charge >= 0.3 is 5.63 Å². The lowest BCUT2D eigenvalue weighted by Crippen LogP contribution is -2.37. The number of allylic oxidation sites excluding steroid dienone is 2. The Bertz CT molecular complexity index is 1390. The first-order valence-corrected chi connectivity index (χ1v) is 13.3. The average Bonchev–Trinajstić information content (AvgIpc) is 2.90. The van der Waals surface area contributed by atoms with E-state index in [1.165, 1.54) is 24.8 Å². The summed E-state index contributed by atoms with van der Waals surface area (Å²) < 4.78 is 17.2. The second-order valence-corrected chi connectivity index (χ2v) is 10.3. The number of ether oxygens (including phenoxy) is 2. The number of amides is 1. The van der Waals surface area contributed by atoms with Crippen molar-refractivity contribution in [1.29, 1.82) is 0 Å². The molecule has 0 spiro atoms. The lowest BCUT2D eigenvalue weighted by molar-refractivity contribution is 0.102. The van der Waals surface area contributed by atoms with Gasteiger partial charge in [0.1, 0.15) is 22.8 Å². The molecule has 3 aromatic rings. The van der Waals surface area contributed by atoms with Gasteiger partial charge in [-0.2, -0.15) is 0 Å². The Morgan fingerprint density at radius 2 is 1.95 bits per heavy atom. The molecule has 1 unspecified atom stereocenters. The molecule has 1 saturated heterocycles. The van der Waals surface area contributed by atoms with Gasteiger partial charge in [0.15, 0.2) is 0 Å². The first-order chi connectivity index (χ1) is 18.3. The van der Waals surface area contributed by atoms with Crippen molar-refractivity contribution < 1.29 is 18.7 Å².